The summed E-state index contributed by atoms with van der Waals surface area (Å²) in [6.45, 7) is 0. The molecule has 2 rings (SSSR count). The zero-order valence-corrected chi connectivity index (χ0v) is 10.9. The number of hydrogen-bond donors (Lipinski definition) is 2. The van der Waals surface area contributed by atoms with Gasteiger partial charge < -0.3 is 10.4 Å². The molecule has 0 radical (unpaired) electrons. The fourth-order valence-corrected chi connectivity index (χ4v) is 2.13. The molecule has 104 valence electrons. The first kappa shape index (κ1) is 14.3. The lowest BCUT2D eigenvalue weighted by molar-refractivity contribution is 0.102. The molecule has 0 unspecified atom stereocenters. The molecule has 0 aliphatic heterocycles. The molecule has 1 amide bonds. The van der Waals surface area contributed by atoms with E-state index in [-0.39, 0.29) is 21.9 Å². The number of alkyl halides is 2. The number of carbonyl (C=O) groups excluding carboxylic acids is 1. The van der Waals surface area contributed by atoms with E-state index in [4.69, 9.17) is 0 Å². The number of rotatable bonds is 4. The van der Waals surface area contributed by atoms with E-state index in [0.29, 0.717) is 11.8 Å². The van der Waals surface area contributed by atoms with Crippen LogP contribution < -0.4 is 5.32 Å². The number of aromatic hydroxyl groups is 1. The van der Waals surface area contributed by atoms with Crippen LogP contribution in [0.3, 0.4) is 0 Å². The van der Waals surface area contributed by atoms with Crippen LogP contribution in [-0.4, -0.2) is 21.8 Å². The average Bonchev–Trinajstić information content (AvgIpc) is 2.41. The summed E-state index contributed by atoms with van der Waals surface area (Å²) in [6.07, 6.45) is 2.49. The first-order valence-electron chi connectivity index (χ1n) is 5.56. The largest absolute Gasteiger partial charge is 0.505 e. The second kappa shape index (κ2) is 6.33. The summed E-state index contributed by atoms with van der Waals surface area (Å²) < 4.78 is 24.9. The van der Waals surface area contributed by atoms with Crippen molar-refractivity contribution in [3.63, 3.8) is 0 Å². The standard InChI is InChI=1S/C13H10F2N2O2S/c14-13(15)20-11-4-2-1-3-9(11)17-12(19)8-5-6-16-7-10(8)18/h1-7,13,18H,(H,17,19). The number of nitrogens with zero attached hydrogens (tertiary/aromatic N) is 1. The molecule has 4 nitrogen and oxygen atoms in total. The summed E-state index contributed by atoms with van der Waals surface area (Å²) >= 11 is 0.344. The molecule has 0 saturated carbocycles. The van der Waals surface area contributed by atoms with Crippen LogP contribution >= 0.6 is 11.8 Å². The molecular weight excluding hydrogens is 286 g/mol. The van der Waals surface area contributed by atoms with Gasteiger partial charge in [-0.25, -0.2) is 0 Å². The number of nitrogens with one attached hydrogen (secondary N) is 1. The zero-order chi connectivity index (χ0) is 14.5. The van der Waals surface area contributed by atoms with Crippen molar-refractivity contribution in [1.29, 1.82) is 0 Å². The summed E-state index contributed by atoms with van der Waals surface area (Å²) in [4.78, 5) is 15.9. The minimum Gasteiger partial charge on any atom is -0.505 e. The lowest BCUT2D eigenvalue weighted by atomic mass is 10.2. The second-order valence-electron chi connectivity index (χ2n) is 3.72. The topological polar surface area (TPSA) is 62.2 Å². The van der Waals surface area contributed by atoms with E-state index >= 15 is 0 Å². The monoisotopic (exact) mass is 296 g/mol. The third-order valence-electron chi connectivity index (χ3n) is 2.40. The predicted octanol–water partition coefficient (Wildman–Crippen LogP) is 3.35. The normalized spacial score (nSPS) is 10.6. The maximum absolute atomic E-state index is 12.4. The quantitative estimate of drug-likeness (QED) is 0.849. The highest BCUT2D eigenvalue weighted by molar-refractivity contribution is 7.99. The minimum absolute atomic E-state index is 0.0249. The SMILES string of the molecule is O=C(Nc1ccccc1SC(F)F)c1ccncc1O. The van der Waals surface area contributed by atoms with E-state index in [2.05, 4.69) is 10.3 Å². The summed E-state index contributed by atoms with van der Waals surface area (Å²) in [7, 11) is 0. The van der Waals surface area contributed by atoms with E-state index in [0.717, 1.165) is 6.20 Å². The molecule has 2 aromatic rings. The second-order valence-corrected chi connectivity index (χ2v) is 4.75. The molecule has 1 heterocycles. The third kappa shape index (κ3) is 3.45. The van der Waals surface area contributed by atoms with Crippen LogP contribution in [0.15, 0.2) is 47.6 Å². The first-order valence-corrected chi connectivity index (χ1v) is 6.44. The van der Waals surface area contributed by atoms with Crippen molar-refractivity contribution in [3.05, 3.63) is 48.3 Å². The Morgan fingerprint density at radius 1 is 1.30 bits per heavy atom. The molecule has 20 heavy (non-hydrogen) atoms. The van der Waals surface area contributed by atoms with Crippen molar-refractivity contribution >= 4 is 23.4 Å². The van der Waals surface area contributed by atoms with Gasteiger partial charge in [0.1, 0.15) is 5.75 Å². The Hall–Kier alpha value is -2.15. The Morgan fingerprint density at radius 3 is 2.75 bits per heavy atom. The fourth-order valence-electron chi connectivity index (χ4n) is 1.54. The summed E-state index contributed by atoms with van der Waals surface area (Å²) in [5, 5.41) is 12.0. The van der Waals surface area contributed by atoms with E-state index in [9.17, 15) is 18.7 Å². The van der Waals surface area contributed by atoms with Crippen molar-refractivity contribution in [2.75, 3.05) is 5.32 Å². The Kier molecular flexibility index (Phi) is 4.52. The van der Waals surface area contributed by atoms with Crippen molar-refractivity contribution in [2.45, 2.75) is 10.7 Å². The van der Waals surface area contributed by atoms with Gasteiger partial charge in [-0.1, -0.05) is 23.9 Å². The van der Waals surface area contributed by atoms with Crippen LogP contribution in [0.25, 0.3) is 0 Å². The lowest BCUT2D eigenvalue weighted by Crippen LogP contribution is -2.13. The van der Waals surface area contributed by atoms with Gasteiger partial charge in [0.2, 0.25) is 0 Å². The molecule has 7 heteroatoms. The minimum atomic E-state index is -2.58. The Balaban J connectivity index is 2.22. The number of aromatic nitrogens is 1. The molecule has 2 N–H and O–H groups in total. The van der Waals surface area contributed by atoms with Gasteiger partial charge in [-0.2, -0.15) is 8.78 Å². The Bertz CT molecular complexity index is 623. The zero-order valence-electron chi connectivity index (χ0n) is 10.1. The number of thioether (sulfide) groups is 1. The van der Waals surface area contributed by atoms with Crippen molar-refractivity contribution in [1.82, 2.24) is 4.98 Å². The van der Waals surface area contributed by atoms with E-state index in [1.165, 1.54) is 24.4 Å². The Labute approximate surface area is 117 Å². The van der Waals surface area contributed by atoms with Crippen molar-refractivity contribution < 1.29 is 18.7 Å². The molecule has 0 atom stereocenters. The highest BCUT2D eigenvalue weighted by atomic mass is 32.2. The molecule has 1 aromatic carbocycles. The highest BCUT2D eigenvalue weighted by Crippen LogP contribution is 2.32. The molecule has 0 aliphatic rings. The van der Waals surface area contributed by atoms with Crippen LogP contribution in [0.2, 0.25) is 0 Å². The number of pyridine rings is 1. The van der Waals surface area contributed by atoms with Gasteiger partial charge in [0.25, 0.3) is 11.7 Å². The third-order valence-corrected chi connectivity index (χ3v) is 3.18. The number of benzene rings is 1. The molecule has 1 aromatic heterocycles. The summed E-state index contributed by atoms with van der Waals surface area (Å²) in [5.41, 5.74) is 0.288. The van der Waals surface area contributed by atoms with Crippen molar-refractivity contribution in [3.8, 4) is 5.75 Å². The number of carbonyl (C=O) groups is 1. The lowest BCUT2D eigenvalue weighted by Gasteiger charge is -2.10. The van der Waals surface area contributed by atoms with Crippen molar-refractivity contribution in [2.24, 2.45) is 0 Å². The van der Waals surface area contributed by atoms with Gasteiger partial charge in [0.05, 0.1) is 17.4 Å². The number of anilines is 1. The molecular formula is C13H10F2N2O2S. The average molecular weight is 296 g/mol. The molecule has 0 fully saturated rings. The Morgan fingerprint density at radius 2 is 2.05 bits per heavy atom. The summed E-state index contributed by atoms with van der Waals surface area (Å²) in [6, 6.07) is 7.56. The van der Waals surface area contributed by atoms with Gasteiger partial charge in [-0.3, -0.25) is 9.78 Å². The van der Waals surface area contributed by atoms with Gasteiger partial charge in [0.15, 0.2) is 0 Å². The van der Waals surface area contributed by atoms with Crippen LogP contribution in [0.1, 0.15) is 10.4 Å². The molecule has 0 saturated heterocycles. The van der Waals surface area contributed by atoms with E-state index in [1.54, 1.807) is 12.1 Å². The molecule has 0 aliphatic carbocycles. The van der Waals surface area contributed by atoms with Gasteiger partial charge in [0, 0.05) is 11.1 Å². The van der Waals surface area contributed by atoms with Crippen LogP contribution in [-0.2, 0) is 0 Å². The van der Waals surface area contributed by atoms with E-state index in [1.807, 2.05) is 0 Å². The van der Waals surface area contributed by atoms with E-state index < -0.39 is 11.7 Å². The van der Waals surface area contributed by atoms with Gasteiger partial charge >= 0.3 is 0 Å². The fraction of sp³-hybridized carbons (Fsp3) is 0.0769. The summed E-state index contributed by atoms with van der Waals surface area (Å²) in [5.74, 6) is -3.45. The van der Waals surface area contributed by atoms with Crippen LogP contribution in [0.5, 0.6) is 5.75 Å². The maximum Gasteiger partial charge on any atom is 0.288 e. The molecule has 0 bridgehead atoms. The van der Waals surface area contributed by atoms with Gasteiger partial charge in [-0.05, 0) is 18.2 Å². The van der Waals surface area contributed by atoms with Crippen LogP contribution in [0, 0.1) is 0 Å². The molecule has 0 spiro atoms. The number of hydrogen-bond acceptors (Lipinski definition) is 4. The van der Waals surface area contributed by atoms with Gasteiger partial charge in [-0.15, -0.1) is 0 Å². The maximum atomic E-state index is 12.4. The number of halogens is 2. The first-order chi connectivity index (χ1) is 9.58. The number of amides is 1. The predicted molar refractivity (Wildman–Crippen MR) is 72.2 cm³/mol. The van der Waals surface area contributed by atoms with Crippen LogP contribution in [0.4, 0.5) is 14.5 Å². The highest BCUT2D eigenvalue weighted by Gasteiger charge is 2.14. The number of para-hydroxylation sites is 1. The smallest absolute Gasteiger partial charge is 0.288 e.